The quantitative estimate of drug-likeness (QED) is 0.781. The first-order valence-corrected chi connectivity index (χ1v) is 5.40. The van der Waals surface area contributed by atoms with Gasteiger partial charge in [-0.25, -0.2) is 0 Å². The molecule has 0 saturated carbocycles. The van der Waals surface area contributed by atoms with E-state index in [1.54, 1.807) is 12.1 Å². The maximum atomic E-state index is 11.8. The second kappa shape index (κ2) is 3.97. The van der Waals surface area contributed by atoms with Gasteiger partial charge in [-0.3, -0.25) is 9.59 Å². The molecule has 1 aliphatic heterocycles. The molecule has 0 amide bonds. The summed E-state index contributed by atoms with van der Waals surface area (Å²) in [6.07, 6.45) is -0.783. The van der Waals surface area contributed by atoms with Crippen LogP contribution in [0.4, 0.5) is 0 Å². The van der Waals surface area contributed by atoms with Crippen LogP contribution in [0.1, 0.15) is 17.9 Å². The molecule has 84 valence electrons. The van der Waals surface area contributed by atoms with Crippen LogP contribution in [0.25, 0.3) is 0 Å². The molecule has 0 saturated heterocycles. The fraction of sp³-hybridized carbons (Fsp3) is 0.200. The van der Waals surface area contributed by atoms with Crippen molar-refractivity contribution in [1.82, 2.24) is 0 Å². The number of nitrogens with two attached hydrogens (primary N) is 1. The standard InChI is InChI=1S/C10H9NO4S/c1-5(12)14-9-7(13)8(15-10(9)11)6-3-2-4-16-6/h2-4,8H,11H2,1H3. The summed E-state index contributed by atoms with van der Waals surface area (Å²) in [5.41, 5.74) is 5.48. The molecule has 0 fully saturated rings. The molecular weight excluding hydrogens is 230 g/mol. The molecule has 0 bridgehead atoms. The lowest BCUT2D eigenvalue weighted by molar-refractivity contribution is -0.140. The van der Waals surface area contributed by atoms with Crippen molar-refractivity contribution in [2.24, 2.45) is 5.73 Å². The number of carbonyl (C=O) groups excluding carboxylic acids is 2. The number of carbonyl (C=O) groups is 2. The molecule has 0 aliphatic carbocycles. The van der Waals surface area contributed by atoms with E-state index >= 15 is 0 Å². The van der Waals surface area contributed by atoms with Crippen molar-refractivity contribution in [3.8, 4) is 0 Å². The number of hydrogen-bond donors (Lipinski definition) is 1. The molecule has 2 heterocycles. The lowest BCUT2D eigenvalue weighted by Crippen LogP contribution is -2.12. The smallest absolute Gasteiger partial charge is 0.308 e. The maximum absolute atomic E-state index is 11.8. The normalized spacial score (nSPS) is 19.8. The van der Waals surface area contributed by atoms with Crippen LogP contribution in [0.5, 0.6) is 0 Å². The van der Waals surface area contributed by atoms with Crippen molar-refractivity contribution in [3.63, 3.8) is 0 Å². The Bertz CT molecular complexity index is 463. The second-order valence-corrected chi connectivity index (χ2v) is 4.14. The van der Waals surface area contributed by atoms with E-state index in [-0.39, 0.29) is 11.6 Å². The van der Waals surface area contributed by atoms with Crippen molar-refractivity contribution in [2.75, 3.05) is 0 Å². The van der Waals surface area contributed by atoms with Crippen LogP contribution in [-0.2, 0) is 19.1 Å². The van der Waals surface area contributed by atoms with E-state index in [0.717, 1.165) is 4.88 Å². The summed E-state index contributed by atoms with van der Waals surface area (Å²) in [4.78, 5) is 23.3. The average Bonchev–Trinajstić information content (AvgIpc) is 2.80. The number of ketones is 1. The minimum absolute atomic E-state index is 0.140. The number of Topliss-reactive ketones (excluding diaryl/α,β-unsaturated/α-hetero) is 1. The van der Waals surface area contributed by atoms with Gasteiger partial charge < -0.3 is 15.2 Å². The average molecular weight is 239 g/mol. The Labute approximate surface area is 95.5 Å². The zero-order chi connectivity index (χ0) is 11.7. The minimum Gasteiger partial charge on any atom is -0.459 e. The summed E-state index contributed by atoms with van der Waals surface area (Å²) in [6, 6.07) is 3.56. The molecular formula is C10H9NO4S. The lowest BCUT2D eigenvalue weighted by Gasteiger charge is -2.05. The highest BCUT2D eigenvalue weighted by atomic mass is 32.1. The number of rotatable bonds is 2. The summed E-state index contributed by atoms with van der Waals surface area (Å²) in [7, 11) is 0. The molecule has 6 heteroatoms. The second-order valence-electron chi connectivity index (χ2n) is 3.16. The molecule has 1 atom stereocenters. The summed E-state index contributed by atoms with van der Waals surface area (Å²) < 4.78 is 9.88. The summed E-state index contributed by atoms with van der Waals surface area (Å²) in [6.45, 7) is 1.20. The molecule has 16 heavy (non-hydrogen) atoms. The van der Waals surface area contributed by atoms with Gasteiger partial charge in [0, 0.05) is 6.92 Å². The molecule has 1 aliphatic rings. The van der Waals surface area contributed by atoms with Gasteiger partial charge in [-0.15, -0.1) is 11.3 Å². The van der Waals surface area contributed by atoms with E-state index in [0.29, 0.717) is 0 Å². The van der Waals surface area contributed by atoms with Crippen LogP contribution in [0.15, 0.2) is 29.2 Å². The van der Waals surface area contributed by atoms with E-state index in [2.05, 4.69) is 0 Å². The molecule has 0 aromatic carbocycles. The van der Waals surface area contributed by atoms with Crippen LogP contribution in [0.3, 0.4) is 0 Å². The Morgan fingerprint density at radius 1 is 1.62 bits per heavy atom. The molecule has 2 rings (SSSR count). The van der Waals surface area contributed by atoms with Gasteiger partial charge in [0.25, 0.3) is 0 Å². The van der Waals surface area contributed by atoms with E-state index in [9.17, 15) is 9.59 Å². The lowest BCUT2D eigenvalue weighted by atomic mass is 10.2. The number of esters is 1. The Hall–Kier alpha value is -1.82. The van der Waals surface area contributed by atoms with E-state index in [1.807, 2.05) is 5.38 Å². The highest BCUT2D eigenvalue weighted by molar-refractivity contribution is 7.10. The summed E-state index contributed by atoms with van der Waals surface area (Å²) in [5.74, 6) is -1.36. The van der Waals surface area contributed by atoms with Gasteiger partial charge in [0.2, 0.25) is 23.5 Å². The third kappa shape index (κ3) is 1.79. The van der Waals surface area contributed by atoms with Crippen LogP contribution in [0, 0.1) is 0 Å². The summed E-state index contributed by atoms with van der Waals surface area (Å²) >= 11 is 1.38. The third-order valence-electron chi connectivity index (χ3n) is 1.98. The molecule has 1 unspecified atom stereocenters. The SMILES string of the molecule is CC(=O)OC1=C(N)OC(c2cccs2)C1=O. The van der Waals surface area contributed by atoms with Gasteiger partial charge in [0.05, 0.1) is 4.88 Å². The number of ether oxygens (including phenoxy) is 2. The van der Waals surface area contributed by atoms with E-state index in [4.69, 9.17) is 15.2 Å². The number of thiophene rings is 1. The van der Waals surface area contributed by atoms with Gasteiger partial charge in [-0.1, -0.05) is 6.07 Å². The van der Waals surface area contributed by atoms with E-state index < -0.39 is 17.9 Å². The van der Waals surface area contributed by atoms with Gasteiger partial charge in [-0.05, 0) is 11.4 Å². The van der Waals surface area contributed by atoms with Gasteiger partial charge in [0.1, 0.15) is 0 Å². The first-order valence-electron chi connectivity index (χ1n) is 4.52. The maximum Gasteiger partial charge on any atom is 0.308 e. The zero-order valence-corrected chi connectivity index (χ0v) is 9.24. The zero-order valence-electron chi connectivity index (χ0n) is 8.43. The first-order chi connectivity index (χ1) is 7.59. The van der Waals surface area contributed by atoms with Crippen molar-refractivity contribution in [1.29, 1.82) is 0 Å². The van der Waals surface area contributed by atoms with Gasteiger partial charge in [-0.2, -0.15) is 0 Å². The topological polar surface area (TPSA) is 78.6 Å². The van der Waals surface area contributed by atoms with E-state index in [1.165, 1.54) is 18.3 Å². The predicted molar refractivity (Wildman–Crippen MR) is 56.1 cm³/mol. The summed E-state index contributed by atoms with van der Waals surface area (Å²) in [5, 5.41) is 1.83. The van der Waals surface area contributed by atoms with Crippen molar-refractivity contribution < 1.29 is 19.1 Å². The van der Waals surface area contributed by atoms with Crippen LogP contribution >= 0.6 is 11.3 Å². The number of hydrogen-bond acceptors (Lipinski definition) is 6. The van der Waals surface area contributed by atoms with Crippen LogP contribution in [-0.4, -0.2) is 11.8 Å². The van der Waals surface area contributed by atoms with Crippen molar-refractivity contribution in [3.05, 3.63) is 34.0 Å². The Morgan fingerprint density at radius 2 is 2.38 bits per heavy atom. The third-order valence-corrected chi connectivity index (χ3v) is 2.89. The van der Waals surface area contributed by atoms with Gasteiger partial charge in [0.15, 0.2) is 0 Å². The Balaban J connectivity index is 2.22. The van der Waals surface area contributed by atoms with Gasteiger partial charge >= 0.3 is 5.97 Å². The highest BCUT2D eigenvalue weighted by Gasteiger charge is 2.38. The largest absolute Gasteiger partial charge is 0.459 e. The first kappa shape index (κ1) is 10.7. The molecule has 2 N–H and O–H groups in total. The molecule has 5 nitrogen and oxygen atoms in total. The fourth-order valence-corrected chi connectivity index (χ4v) is 2.10. The van der Waals surface area contributed by atoms with Crippen LogP contribution in [0.2, 0.25) is 0 Å². The monoisotopic (exact) mass is 239 g/mol. The molecule has 0 spiro atoms. The van der Waals surface area contributed by atoms with Crippen molar-refractivity contribution >= 4 is 23.1 Å². The predicted octanol–water partition coefficient (Wildman–Crippen LogP) is 1.08. The van der Waals surface area contributed by atoms with Crippen LogP contribution < -0.4 is 5.73 Å². The Kier molecular flexibility index (Phi) is 2.66. The highest BCUT2D eigenvalue weighted by Crippen LogP contribution is 2.33. The minimum atomic E-state index is -0.783. The Morgan fingerprint density at radius 3 is 2.94 bits per heavy atom. The molecule has 0 radical (unpaired) electrons. The van der Waals surface area contributed by atoms with Crippen molar-refractivity contribution in [2.45, 2.75) is 13.0 Å². The molecule has 1 aromatic heterocycles. The molecule has 1 aromatic rings. The fourth-order valence-electron chi connectivity index (χ4n) is 1.35.